The molecule has 0 saturated heterocycles. The number of hydrogen-bond acceptors (Lipinski definition) is 4. The monoisotopic (exact) mass is 738 g/mol. The fourth-order valence-corrected chi connectivity index (χ4v) is 9.39. The third kappa shape index (κ3) is 4.44. The van der Waals surface area contributed by atoms with E-state index in [4.69, 9.17) is 19.4 Å². The number of rotatable bonds is 5. The molecule has 58 heavy (non-hydrogen) atoms. The minimum absolute atomic E-state index is 0.625. The number of furan rings is 1. The topological polar surface area (TPSA) is 56.7 Å². The van der Waals surface area contributed by atoms with Gasteiger partial charge in [-0.15, -0.1) is 0 Å². The van der Waals surface area contributed by atoms with Crippen LogP contribution in [0.1, 0.15) is 0 Å². The molecule has 5 nitrogen and oxygen atoms in total. The minimum Gasteiger partial charge on any atom is -0.456 e. The normalized spacial score (nSPS) is 12.1. The van der Waals surface area contributed by atoms with E-state index < -0.39 is 0 Å². The molecule has 0 atom stereocenters. The van der Waals surface area contributed by atoms with E-state index in [2.05, 4.69) is 168 Å². The van der Waals surface area contributed by atoms with Crippen molar-refractivity contribution in [2.45, 2.75) is 0 Å². The van der Waals surface area contributed by atoms with Crippen LogP contribution in [0.3, 0.4) is 0 Å². The Balaban J connectivity index is 0.989. The van der Waals surface area contributed by atoms with Gasteiger partial charge < -0.3 is 8.98 Å². The molecule has 9 aromatic carbocycles. The van der Waals surface area contributed by atoms with Crippen molar-refractivity contribution in [1.29, 1.82) is 0 Å². The zero-order chi connectivity index (χ0) is 37.9. The number of fused-ring (bicyclic) bond motifs is 2. The average molecular weight is 739 g/mol. The van der Waals surface area contributed by atoms with Gasteiger partial charge in [-0.2, -0.15) is 0 Å². The first kappa shape index (κ1) is 31.3. The lowest BCUT2D eigenvalue weighted by molar-refractivity contribution is 0.669. The van der Waals surface area contributed by atoms with Gasteiger partial charge >= 0.3 is 0 Å². The van der Waals surface area contributed by atoms with Crippen molar-refractivity contribution < 1.29 is 4.42 Å². The largest absolute Gasteiger partial charge is 0.456 e. The Bertz CT molecular complexity index is 3660. The molecule has 3 aromatic heterocycles. The smallest absolute Gasteiger partial charge is 0.164 e. The van der Waals surface area contributed by atoms with Gasteiger partial charge in [0.1, 0.15) is 11.2 Å². The third-order valence-corrected chi connectivity index (χ3v) is 12.0. The highest BCUT2D eigenvalue weighted by Crippen LogP contribution is 2.50. The molecule has 0 unspecified atom stereocenters. The Morgan fingerprint density at radius 1 is 0.345 bits per heavy atom. The molecule has 0 saturated carbocycles. The second-order valence-corrected chi connectivity index (χ2v) is 15.1. The van der Waals surface area contributed by atoms with E-state index in [9.17, 15) is 0 Å². The van der Waals surface area contributed by atoms with Crippen molar-refractivity contribution >= 4 is 65.3 Å². The second kappa shape index (κ2) is 11.8. The van der Waals surface area contributed by atoms with Crippen LogP contribution < -0.4 is 0 Å². The summed E-state index contributed by atoms with van der Waals surface area (Å²) in [5, 5.41) is 9.71. The summed E-state index contributed by atoms with van der Waals surface area (Å²) in [6, 6.07) is 64.2. The highest BCUT2D eigenvalue weighted by atomic mass is 16.3. The molecule has 1 aliphatic rings. The van der Waals surface area contributed by atoms with Gasteiger partial charge in [0.2, 0.25) is 0 Å². The summed E-state index contributed by atoms with van der Waals surface area (Å²) in [6.07, 6.45) is 0. The highest BCUT2D eigenvalue weighted by Gasteiger charge is 2.26. The van der Waals surface area contributed by atoms with Crippen molar-refractivity contribution in [2.75, 3.05) is 0 Å². The molecule has 0 radical (unpaired) electrons. The lowest BCUT2D eigenvalue weighted by Crippen LogP contribution is -2.00. The molecular formula is C53H30N4O. The highest BCUT2D eigenvalue weighted by molar-refractivity contribution is 6.37. The van der Waals surface area contributed by atoms with E-state index in [0.29, 0.717) is 17.5 Å². The zero-order valence-electron chi connectivity index (χ0n) is 31.0. The van der Waals surface area contributed by atoms with Crippen molar-refractivity contribution in [1.82, 2.24) is 19.5 Å². The molecule has 0 aliphatic heterocycles. The molecule has 268 valence electrons. The fourth-order valence-electron chi connectivity index (χ4n) is 9.39. The van der Waals surface area contributed by atoms with E-state index in [0.717, 1.165) is 44.4 Å². The molecule has 13 rings (SSSR count). The predicted molar refractivity (Wildman–Crippen MR) is 237 cm³/mol. The first-order valence-corrected chi connectivity index (χ1v) is 19.6. The number of benzene rings is 9. The summed E-state index contributed by atoms with van der Waals surface area (Å²) < 4.78 is 8.85. The Morgan fingerprint density at radius 3 is 1.72 bits per heavy atom. The predicted octanol–water partition coefficient (Wildman–Crippen LogP) is 13.8. The van der Waals surface area contributed by atoms with Gasteiger partial charge in [0.25, 0.3) is 0 Å². The van der Waals surface area contributed by atoms with Crippen molar-refractivity contribution in [3.05, 3.63) is 182 Å². The number of nitrogens with zero attached hydrogens (tertiary/aromatic N) is 4. The Morgan fingerprint density at radius 2 is 0.931 bits per heavy atom. The molecule has 5 heteroatoms. The molecule has 0 amide bonds. The lowest BCUT2D eigenvalue weighted by atomic mass is 9.96. The van der Waals surface area contributed by atoms with E-state index in [1.54, 1.807) is 0 Å². The minimum atomic E-state index is 0.625. The maximum absolute atomic E-state index is 6.45. The number of aromatic nitrogens is 4. The van der Waals surface area contributed by atoms with Crippen molar-refractivity contribution in [3.8, 4) is 62.1 Å². The summed E-state index contributed by atoms with van der Waals surface area (Å²) in [5.41, 5.74) is 12.8. The Kier molecular flexibility index (Phi) is 6.38. The van der Waals surface area contributed by atoms with E-state index in [1.165, 1.54) is 65.5 Å². The standard InChI is InChI=1S/C53H30N4O/c1-3-10-31(11-4-1)38-15-7-14-32-20-21-36(30-41(32)38)53-55-51(34-12-5-2-6-13-34)54-52(56-53)35-22-26-37(27-23-35)57-42-18-8-16-39-40-17-9-19-44-48(40)50-45(58-44)29-25-33-24-28-43(57)49(46(33)50)47(39)42/h1-30H. The van der Waals surface area contributed by atoms with Gasteiger partial charge in [0.05, 0.1) is 11.0 Å². The van der Waals surface area contributed by atoms with Gasteiger partial charge in [-0.25, -0.2) is 15.0 Å². The van der Waals surface area contributed by atoms with Gasteiger partial charge in [-0.1, -0.05) is 127 Å². The molecular weight excluding hydrogens is 709 g/mol. The first-order chi connectivity index (χ1) is 28.7. The van der Waals surface area contributed by atoms with E-state index in [-0.39, 0.29) is 0 Å². The molecule has 0 fully saturated rings. The fraction of sp³-hybridized carbons (Fsp3) is 0. The van der Waals surface area contributed by atoms with Crippen LogP contribution >= 0.6 is 0 Å². The van der Waals surface area contributed by atoms with Crippen LogP contribution in [0.4, 0.5) is 0 Å². The summed E-state index contributed by atoms with van der Waals surface area (Å²) in [7, 11) is 0. The summed E-state index contributed by atoms with van der Waals surface area (Å²) >= 11 is 0. The van der Waals surface area contributed by atoms with Crippen LogP contribution in [0.25, 0.3) is 127 Å². The van der Waals surface area contributed by atoms with Crippen LogP contribution in [0.2, 0.25) is 0 Å². The average Bonchev–Trinajstić information content (AvgIpc) is 3.81. The van der Waals surface area contributed by atoms with Crippen molar-refractivity contribution in [3.63, 3.8) is 0 Å². The van der Waals surface area contributed by atoms with E-state index >= 15 is 0 Å². The second-order valence-electron chi connectivity index (χ2n) is 15.1. The van der Waals surface area contributed by atoms with Gasteiger partial charge in [-0.3, -0.25) is 0 Å². The maximum atomic E-state index is 6.45. The van der Waals surface area contributed by atoms with Crippen LogP contribution in [-0.4, -0.2) is 19.5 Å². The Labute approximate surface area is 332 Å². The molecule has 12 aromatic rings. The summed E-state index contributed by atoms with van der Waals surface area (Å²) in [6.45, 7) is 0. The Hall–Kier alpha value is -7.89. The van der Waals surface area contributed by atoms with Crippen LogP contribution in [0, 0.1) is 0 Å². The molecule has 0 bridgehead atoms. The maximum Gasteiger partial charge on any atom is 0.164 e. The van der Waals surface area contributed by atoms with Gasteiger partial charge in [-0.05, 0) is 93.0 Å². The van der Waals surface area contributed by atoms with Crippen LogP contribution in [0.15, 0.2) is 186 Å². The van der Waals surface area contributed by atoms with Crippen LogP contribution in [0.5, 0.6) is 0 Å². The van der Waals surface area contributed by atoms with Crippen LogP contribution in [-0.2, 0) is 0 Å². The van der Waals surface area contributed by atoms with E-state index in [1.807, 2.05) is 18.2 Å². The zero-order valence-corrected chi connectivity index (χ0v) is 31.0. The summed E-state index contributed by atoms with van der Waals surface area (Å²) in [4.78, 5) is 15.3. The first-order valence-electron chi connectivity index (χ1n) is 19.6. The summed E-state index contributed by atoms with van der Waals surface area (Å²) in [5.74, 6) is 1.89. The van der Waals surface area contributed by atoms with Crippen molar-refractivity contribution in [2.24, 2.45) is 0 Å². The van der Waals surface area contributed by atoms with Gasteiger partial charge in [0, 0.05) is 49.3 Å². The number of hydrogen-bond donors (Lipinski definition) is 0. The van der Waals surface area contributed by atoms with Gasteiger partial charge in [0.15, 0.2) is 17.5 Å². The molecule has 1 aliphatic carbocycles. The quantitative estimate of drug-likeness (QED) is 0.176. The third-order valence-electron chi connectivity index (χ3n) is 12.0. The molecule has 3 heterocycles. The molecule has 0 spiro atoms. The molecule has 0 N–H and O–H groups in total. The SMILES string of the molecule is c1ccc(-c2nc(-c3ccc(-n4c5cccc6c5c5c7c(ccc8oc9cccc-6c9c87)ccc54)cc3)nc(-c3ccc4cccc(-c5ccccc5)c4c3)n2)cc1. The lowest BCUT2D eigenvalue weighted by Gasteiger charge is -2.12.